The molecule has 1 N–H and O–H groups in total. The summed E-state index contributed by atoms with van der Waals surface area (Å²) in [4.78, 5) is 12.3. The summed E-state index contributed by atoms with van der Waals surface area (Å²) in [5.41, 5.74) is 0.623. The standard InChI is InChI=1S/C18H20ClNO3/c1-12(2)22-17-7-5-4-6-16(17)20-18(21)13(3)23-15-10-8-14(19)9-11-15/h4-13H,1-3H3,(H,20,21). The van der Waals surface area contributed by atoms with Crippen LogP contribution in [0.25, 0.3) is 0 Å². The highest BCUT2D eigenvalue weighted by Gasteiger charge is 2.17. The first kappa shape index (κ1) is 17.2. The van der Waals surface area contributed by atoms with Crippen LogP contribution < -0.4 is 14.8 Å². The molecule has 23 heavy (non-hydrogen) atoms. The molecule has 0 bridgehead atoms. The van der Waals surface area contributed by atoms with Gasteiger partial charge in [0.25, 0.3) is 5.91 Å². The molecule has 5 heteroatoms. The van der Waals surface area contributed by atoms with Gasteiger partial charge in [0.05, 0.1) is 11.8 Å². The van der Waals surface area contributed by atoms with E-state index in [9.17, 15) is 4.79 Å². The van der Waals surface area contributed by atoms with E-state index in [1.165, 1.54) is 0 Å². The zero-order valence-electron chi connectivity index (χ0n) is 13.4. The first-order chi connectivity index (χ1) is 11.0. The summed E-state index contributed by atoms with van der Waals surface area (Å²) in [7, 11) is 0. The number of benzene rings is 2. The van der Waals surface area contributed by atoms with Gasteiger partial charge in [0, 0.05) is 5.02 Å². The van der Waals surface area contributed by atoms with Gasteiger partial charge in [0.1, 0.15) is 11.5 Å². The summed E-state index contributed by atoms with van der Waals surface area (Å²) in [6, 6.07) is 14.2. The molecule has 0 aliphatic heterocycles. The lowest BCUT2D eigenvalue weighted by Crippen LogP contribution is -2.30. The zero-order valence-corrected chi connectivity index (χ0v) is 14.1. The number of anilines is 1. The fraction of sp³-hybridized carbons (Fsp3) is 0.278. The molecule has 0 saturated heterocycles. The zero-order chi connectivity index (χ0) is 16.8. The van der Waals surface area contributed by atoms with E-state index in [4.69, 9.17) is 21.1 Å². The summed E-state index contributed by atoms with van der Waals surface area (Å²) >= 11 is 5.83. The van der Waals surface area contributed by atoms with Gasteiger partial charge in [-0.15, -0.1) is 0 Å². The highest BCUT2D eigenvalue weighted by atomic mass is 35.5. The minimum atomic E-state index is -0.650. The lowest BCUT2D eigenvalue weighted by atomic mass is 10.2. The van der Waals surface area contributed by atoms with E-state index in [-0.39, 0.29) is 12.0 Å². The number of nitrogens with one attached hydrogen (secondary N) is 1. The number of halogens is 1. The summed E-state index contributed by atoms with van der Waals surface area (Å²) in [6.07, 6.45) is -0.626. The van der Waals surface area contributed by atoms with Crippen LogP contribution in [-0.2, 0) is 4.79 Å². The minimum Gasteiger partial charge on any atom is -0.489 e. The Morgan fingerprint density at radius 1 is 1.00 bits per heavy atom. The van der Waals surface area contributed by atoms with E-state index in [1.54, 1.807) is 37.3 Å². The third-order valence-electron chi connectivity index (χ3n) is 3.00. The van der Waals surface area contributed by atoms with Gasteiger partial charge in [0.15, 0.2) is 6.10 Å². The molecule has 0 aliphatic rings. The topological polar surface area (TPSA) is 47.6 Å². The van der Waals surface area contributed by atoms with Crippen LogP contribution in [0.5, 0.6) is 11.5 Å². The Labute approximate surface area is 141 Å². The van der Waals surface area contributed by atoms with Crippen molar-refractivity contribution in [2.45, 2.75) is 33.0 Å². The molecule has 0 aliphatic carbocycles. The van der Waals surface area contributed by atoms with E-state index < -0.39 is 6.10 Å². The van der Waals surface area contributed by atoms with E-state index in [1.807, 2.05) is 32.0 Å². The van der Waals surface area contributed by atoms with E-state index in [0.717, 1.165) is 0 Å². The average Bonchev–Trinajstić information content (AvgIpc) is 2.51. The normalized spacial score (nSPS) is 11.9. The molecule has 4 nitrogen and oxygen atoms in total. The van der Waals surface area contributed by atoms with E-state index in [0.29, 0.717) is 22.2 Å². The monoisotopic (exact) mass is 333 g/mol. The Kier molecular flexibility index (Phi) is 5.88. The van der Waals surface area contributed by atoms with Crippen LogP contribution in [0.2, 0.25) is 5.02 Å². The second-order valence-corrected chi connectivity index (χ2v) is 5.80. The third-order valence-corrected chi connectivity index (χ3v) is 3.26. The first-order valence-electron chi connectivity index (χ1n) is 7.44. The quantitative estimate of drug-likeness (QED) is 0.844. The van der Waals surface area contributed by atoms with Crippen molar-refractivity contribution in [1.29, 1.82) is 0 Å². The number of rotatable bonds is 6. The largest absolute Gasteiger partial charge is 0.489 e. The van der Waals surface area contributed by atoms with Gasteiger partial charge in [-0.1, -0.05) is 23.7 Å². The molecular formula is C18H20ClNO3. The van der Waals surface area contributed by atoms with Crippen molar-refractivity contribution in [2.24, 2.45) is 0 Å². The SMILES string of the molecule is CC(C)Oc1ccccc1NC(=O)C(C)Oc1ccc(Cl)cc1. The maximum Gasteiger partial charge on any atom is 0.265 e. The Balaban J connectivity index is 2.02. The van der Waals surface area contributed by atoms with Gasteiger partial charge >= 0.3 is 0 Å². The van der Waals surface area contributed by atoms with Gasteiger partial charge in [-0.3, -0.25) is 4.79 Å². The smallest absolute Gasteiger partial charge is 0.265 e. The Morgan fingerprint density at radius 2 is 1.65 bits per heavy atom. The maximum absolute atomic E-state index is 12.3. The molecule has 0 aromatic heterocycles. The maximum atomic E-state index is 12.3. The number of carbonyl (C=O) groups excluding carboxylic acids is 1. The lowest BCUT2D eigenvalue weighted by molar-refractivity contribution is -0.122. The van der Waals surface area contributed by atoms with Crippen molar-refractivity contribution in [3.8, 4) is 11.5 Å². The van der Waals surface area contributed by atoms with Crippen LogP contribution >= 0.6 is 11.6 Å². The van der Waals surface area contributed by atoms with Gasteiger partial charge in [0.2, 0.25) is 0 Å². The first-order valence-corrected chi connectivity index (χ1v) is 7.82. The molecule has 1 amide bonds. The molecule has 2 aromatic carbocycles. The third kappa shape index (κ3) is 5.18. The molecule has 0 fully saturated rings. The molecule has 0 radical (unpaired) electrons. The van der Waals surface area contributed by atoms with E-state index in [2.05, 4.69) is 5.32 Å². The predicted octanol–water partition coefficient (Wildman–Crippen LogP) is 4.53. The highest BCUT2D eigenvalue weighted by molar-refractivity contribution is 6.30. The second kappa shape index (κ2) is 7.88. The second-order valence-electron chi connectivity index (χ2n) is 5.37. The summed E-state index contributed by atoms with van der Waals surface area (Å²) < 4.78 is 11.3. The van der Waals surface area contributed by atoms with Crippen LogP contribution in [0.4, 0.5) is 5.69 Å². The lowest BCUT2D eigenvalue weighted by Gasteiger charge is -2.18. The molecule has 1 unspecified atom stereocenters. The fourth-order valence-corrected chi connectivity index (χ4v) is 2.06. The van der Waals surface area contributed by atoms with Gasteiger partial charge in [-0.2, -0.15) is 0 Å². The van der Waals surface area contributed by atoms with Crippen molar-refractivity contribution in [3.05, 3.63) is 53.6 Å². The molecule has 2 aromatic rings. The van der Waals surface area contributed by atoms with Gasteiger partial charge < -0.3 is 14.8 Å². The summed E-state index contributed by atoms with van der Waals surface area (Å²) in [6.45, 7) is 5.56. The Bertz CT molecular complexity index is 656. The average molecular weight is 334 g/mol. The molecular weight excluding hydrogens is 314 g/mol. The van der Waals surface area contributed by atoms with Crippen LogP contribution in [0.15, 0.2) is 48.5 Å². The minimum absolute atomic E-state index is 0.0239. The van der Waals surface area contributed by atoms with Crippen LogP contribution in [0.1, 0.15) is 20.8 Å². The molecule has 0 saturated carbocycles. The summed E-state index contributed by atoms with van der Waals surface area (Å²) in [5.74, 6) is 0.970. The van der Waals surface area contributed by atoms with E-state index >= 15 is 0 Å². The Hall–Kier alpha value is -2.20. The molecule has 0 spiro atoms. The number of carbonyl (C=O) groups is 1. The summed E-state index contributed by atoms with van der Waals surface area (Å²) in [5, 5.41) is 3.45. The molecule has 2 rings (SSSR count). The Morgan fingerprint density at radius 3 is 2.30 bits per heavy atom. The number of para-hydroxylation sites is 2. The van der Waals surface area contributed by atoms with Gasteiger partial charge in [-0.05, 0) is 57.2 Å². The fourth-order valence-electron chi connectivity index (χ4n) is 1.93. The van der Waals surface area contributed by atoms with Crippen molar-refractivity contribution >= 4 is 23.2 Å². The highest BCUT2D eigenvalue weighted by Crippen LogP contribution is 2.25. The van der Waals surface area contributed by atoms with Crippen molar-refractivity contribution in [1.82, 2.24) is 0 Å². The van der Waals surface area contributed by atoms with Crippen molar-refractivity contribution < 1.29 is 14.3 Å². The van der Waals surface area contributed by atoms with Crippen LogP contribution in [0, 0.1) is 0 Å². The van der Waals surface area contributed by atoms with Crippen LogP contribution in [0.3, 0.4) is 0 Å². The molecule has 1 atom stereocenters. The number of ether oxygens (including phenoxy) is 2. The van der Waals surface area contributed by atoms with Crippen molar-refractivity contribution in [2.75, 3.05) is 5.32 Å². The molecule has 0 heterocycles. The molecule has 122 valence electrons. The number of hydrogen-bond acceptors (Lipinski definition) is 3. The van der Waals surface area contributed by atoms with Crippen LogP contribution in [-0.4, -0.2) is 18.1 Å². The van der Waals surface area contributed by atoms with Crippen molar-refractivity contribution in [3.63, 3.8) is 0 Å². The van der Waals surface area contributed by atoms with Gasteiger partial charge in [-0.25, -0.2) is 0 Å². The number of amides is 1. The number of hydrogen-bond donors (Lipinski definition) is 1. The predicted molar refractivity (Wildman–Crippen MR) is 92.4 cm³/mol.